The fourth-order valence-corrected chi connectivity index (χ4v) is 5.19. The molecular formula is C23H27N3O2S. The Balaban J connectivity index is 1.65. The number of pyridine rings is 1. The smallest absolute Gasteiger partial charge is 0.249 e. The molecule has 1 amide bonds. The molecule has 3 heterocycles. The summed E-state index contributed by atoms with van der Waals surface area (Å²) < 4.78 is 15.1. The highest BCUT2D eigenvalue weighted by Crippen LogP contribution is 2.32. The Kier molecular flexibility index (Phi) is 5.92. The molecule has 1 aromatic heterocycles. The maximum absolute atomic E-state index is 13.0. The Hall–Kier alpha value is -2.31. The minimum absolute atomic E-state index is 0.00545. The molecule has 4 atom stereocenters. The van der Waals surface area contributed by atoms with Crippen LogP contribution in [0, 0.1) is 0 Å². The van der Waals surface area contributed by atoms with Crippen LogP contribution in [0.5, 0.6) is 0 Å². The van der Waals surface area contributed by atoms with E-state index >= 15 is 0 Å². The number of amides is 1. The summed E-state index contributed by atoms with van der Waals surface area (Å²) in [6, 6.07) is 16.3. The van der Waals surface area contributed by atoms with E-state index in [0.29, 0.717) is 6.42 Å². The molecule has 6 heteroatoms. The van der Waals surface area contributed by atoms with Gasteiger partial charge in [-0.3, -0.25) is 9.78 Å². The third-order valence-electron chi connectivity index (χ3n) is 5.91. The van der Waals surface area contributed by atoms with Crippen molar-refractivity contribution < 1.29 is 9.00 Å². The van der Waals surface area contributed by atoms with Gasteiger partial charge < -0.3 is 4.90 Å². The first kappa shape index (κ1) is 20.0. The van der Waals surface area contributed by atoms with Crippen molar-refractivity contribution in [3.8, 4) is 11.3 Å². The first-order valence-corrected chi connectivity index (χ1v) is 11.7. The van der Waals surface area contributed by atoms with Gasteiger partial charge in [-0.25, -0.2) is 8.93 Å². The predicted molar refractivity (Wildman–Crippen MR) is 116 cm³/mol. The molecule has 1 saturated heterocycles. The molecule has 0 aliphatic carbocycles. The van der Waals surface area contributed by atoms with Gasteiger partial charge in [0.1, 0.15) is 0 Å². The SMILES string of the molecule is CC1=CCC2CCC(NS(C)=O)C(Cc3cccc(-c4ccccc4)n3)N2C1=O. The van der Waals surface area contributed by atoms with Gasteiger partial charge in [0.15, 0.2) is 0 Å². The first-order valence-electron chi connectivity index (χ1n) is 10.1. The van der Waals surface area contributed by atoms with E-state index in [0.717, 1.165) is 41.8 Å². The summed E-state index contributed by atoms with van der Waals surface area (Å²) in [5.74, 6) is 0.0962. The zero-order chi connectivity index (χ0) is 20.4. The van der Waals surface area contributed by atoms with E-state index in [1.807, 2.05) is 48.2 Å². The zero-order valence-corrected chi connectivity index (χ0v) is 17.7. The third-order valence-corrected chi connectivity index (χ3v) is 6.54. The second kappa shape index (κ2) is 8.59. The molecule has 0 spiro atoms. The number of aromatic nitrogens is 1. The molecule has 1 N–H and O–H groups in total. The number of hydrogen-bond acceptors (Lipinski definition) is 3. The van der Waals surface area contributed by atoms with E-state index in [9.17, 15) is 9.00 Å². The highest BCUT2D eigenvalue weighted by Gasteiger charge is 2.42. The highest BCUT2D eigenvalue weighted by atomic mass is 32.2. The lowest BCUT2D eigenvalue weighted by atomic mass is 9.84. The molecule has 2 aromatic rings. The standard InChI is InChI=1S/C23H27N3O2S/c1-16-11-12-19-13-14-21(25-29(2)28)22(26(19)23(16)27)15-18-9-6-10-20(24-18)17-7-4-3-5-8-17/h3-11,19,21-22,25H,12-15H2,1-2H3. The van der Waals surface area contributed by atoms with Crippen LogP contribution in [-0.2, 0) is 22.2 Å². The monoisotopic (exact) mass is 409 g/mol. The summed E-state index contributed by atoms with van der Waals surface area (Å²) in [5.41, 5.74) is 3.76. The number of carbonyl (C=O) groups excluding carboxylic acids is 1. The number of benzene rings is 1. The third kappa shape index (κ3) is 4.33. The average Bonchev–Trinajstić information content (AvgIpc) is 2.73. The summed E-state index contributed by atoms with van der Waals surface area (Å²) in [6.07, 6.45) is 7.09. The highest BCUT2D eigenvalue weighted by molar-refractivity contribution is 7.82. The van der Waals surface area contributed by atoms with Gasteiger partial charge in [-0.2, -0.15) is 0 Å². The number of nitrogens with one attached hydrogen (secondary N) is 1. The van der Waals surface area contributed by atoms with Crippen LogP contribution < -0.4 is 4.72 Å². The van der Waals surface area contributed by atoms with Crippen molar-refractivity contribution in [2.45, 2.75) is 50.7 Å². The van der Waals surface area contributed by atoms with Crippen LogP contribution in [0.4, 0.5) is 0 Å². The Labute approximate surface area is 174 Å². The van der Waals surface area contributed by atoms with Crippen molar-refractivity contribution in [1.29, 1.82) is 0 Å². The minimum atomic E-state index is -1.13. The molecule has 0 radical (unpaired) electrons. The van der Waals surface area contributed by atoms with Gasteiger partial charge in [0.25, 0.3) is 0 Å². The van der Waals surface area contributed by atoms with Crippen LogP contribution in [0.1, 0.15) is 31.9 Å². The number of hydrogen-bond donors (Lipinski definition) is 1. The molecule has 0 saturated carbocycles. The Bertz CT molecular complexity index is 944. The fourth-order valence-electron chi connectivity index (χ4n) is 4.49. The topological polar surface area (TPSA) is 62.3 Å². The van der Waals surface area contributed by atoms with Gasteiger partial charge in [-0.05, 0) is 38.3 Å². The molecule has 0 bridgehead atoms. The lowest BCUT2D eigenvalue weighted by Gasteiger charge is -2.48. The van der Waals surface area contributed by atoms with E-state index < -0.39 is 11.0 Å². The number of nitrogens with zero attached hydrogens (tertiary/aromatic N) is 2. The Morgan fingerprint density at radius 1 is 1.14 bits per heavy atom. The van der Waals surface area contributed by atoms with Crippen LogP contribution in [0.3, 0.4) is 0 Å². The van der Waals surface area contributed by atoms with Gasteiger partial charge in [0.05, 0.1) is 22.7 Å². The molecule has 1 fully saturated rings. The maximum atomic E-state index is 13.0. The van der Waals surface area contributed by atoms with Crippen LogP contribution in [0.15, 0.2) is 60.2 Å². The van der Waals surface area contributed by atoms with E-state index in [1.165, 1.54) is 0 Å². The summed E-state index contributed by atoms with van der Waals surface area (Å²) in [6.45, 7) is 1.89. The zero-order valence-electron chi connectivity index (χ0n) is 16.9. The van der Waals surface area contributed by atoms with E-state index in [-0.39, 0.29) is 24.0 Å². The molecule has 5 nitrogen and oxygen atoms in total. The van der Waals surface area contributed by atoms with Gasteiger partial charge in [-0.15, -0.1) is 0 Å². The molecule has 4 rings (SSSR count). The summed E-state index contributed by atoms with van der Waals surface area (Å²) in [4.78, 5) is 19.9. The number of fused-ring (bicyclic) bond motifs is 1. The van der Waals surface area contributed by atoms with Crippen LogP contribution in [0.2, 0.25) is 0 Å². The normalized spacial score (nSPS) is 25.3. The summed E-state index contributed by atoms with van der Waals surface area (Å²) in [7, 11) is -1.13. The van der Waals surface area contributed by atoms with E-state index in [1.54, 1.807) is 6.26 Å². The van der Waals surface area contributed by atoms with Crippen LogP contribution >= 0.6 is 0 Å². The van der Waals surface area contributed by atoms with E-state index in [4.69, 9.17) is 4.98 Å². The summed E-state index contributed by atoms with van der Waals surface area (Å²) >= 11 is 0. The second-order valence-electron chi connectivity index (χ2n) is 7.90. The minimum Gasteiger partial charge on any atom is -0.331 e. The van der Waals surface area contributed by atoms with Crippen LogP contribution in [0.25, 0.3) is 11.3 Å². The van der Waals surface area contributed by atoms with Crippen molar-refractivity contribution in [2.75, 3.05) is 6.26 Å². The molecule has 2 aliphatic heterocycles. The molecular weight excluding hydrogens is 382 g/mol. The molecule has 152 valence electrons. The Morgan fingerprint density at radius 3 is 2.69 bits per heavy atom. The predicted octanol–water partition coefficient (Wildman–Crippen LogP) is 3.25. The second-order valence-corrected chi connectivity index (χ2v) is 9.04. The number of carbonyl (C=O) groups is 1. The van der Waals surface area contributed by atoms with Crippen molar-refractivity contribution in [1.82, 2.24) is 14.6 Å². The Morgan fingerprint density at radius 2 is 1.93 bits per heavy atom. The van der Waals surface area contributed by atoms with Crippen molar-refractivity contribution >= 4 is 16.9 Å². The van der Waals surface area contributed by atoms with Crippen LogP contribution in [-0.4, -0.2) is 44.4 Å². The lowest BCUT2D eigenvalue weighted by molar-refractivity contribution is -0.135. The largest absolute Gasteiger partial charge is 0.331 e. The lowest BCUT2D eigenvalue weighted by Crippen LogP contribution is -2.61. The van der Waals surface area contributed by atoms with Gasteiger partial charge in [-0.1, -0.05) is 42.5 Å². The fraction of sp³-hybridized carbons (Fsp3) is 0.391. The van der Waals surface area contributed by atoms with E-state index in [2.05, 4.69) is 22.9 Å². The van der Waals surface area contributed by atoms with Crippen molar-refractivity contribution in [3.63, 3.8) is 0 Å². The molecule has 1 aromatic carbocycles. The summed E-state index contributed by atoms with van der Waals surface area (Å²) in [5, 5.41) is 0. The quantitative estimate of drug-likeness (QED) is 0.825. The van der Waals surface area contributed by atoms with Gasteiger partial charge in [0, 0.05) is 41.6 Å². The van der Waals surface area contributed by atoms with Gasteiger partial charge >= 0.3 is 0 Å². The molecule has 29 heavy (non-hydrogen) atoms. The molecule has 4 unspecified atom stereocenters. The molecule has 2 aliphatic rings. The van der Waals surface area contributed by atoms with Crippen molar-refractivity contribution in [3.05, 3.63) is 65.9 Å². The first-order chi connectivity index (χ1) is 14.0. The number of rotatable bonds is 5. The average molecular weight is 410 g/mol. The maximum Gasteiger partial charge on any atom is 0.249 e. The van der Waals surface area contributed by atoms with Crippen molar-refractivity contribution in [2.24, 2.45) is 0 Å². The number of piperidine rings is 1. The van der Waals surface area contributed by atoms with Gasteiger partial charge in [0.2, 0.25) is 5.91 Å².